The zero-order valence-electron chi connectivity index (χ0n) is 12.9. The third-order valence-corrected chi connectivity index (χ3v) is 3.66. The molecule has 0 saturated heterocycles. The lowest BCUT2D eigenvalue weighted by Crippen LogP contribution is -2.34. The molecule has 5 heteroatoms. The summed E-state index contributed by atoms with van der Waals surface area (Å²) in [5.74, 6) is -0.0899. The molecule has 0 aliphatic rings. The first kappa shape index (κ1) is 16.1. The van der Waals surface area contributed by atoms with E-state index in [-0.39, 0.29) is 18.4 Å². The number of aliphatic hydroxyl groups excluding tert-OH is 1. The van der Waals surface area contributed by atoms with Gasteiger partial charge >= 0.3 is 0 Å². The maximum Gasteiger partial charge on any atom is 0.244 e. The molecule has 0 spiro atoms. The van der Waals surface area contributed by atoms with Crippen LogP contribution in [0.1, 0.15) is 26.0 Å². The van der Waals surface area contributed by atoms with E-state index >= 15 is 0 Å². The predicted molar refractivity (Wildman–Crippen MR) is 87.0 cm³/mol. The van der Waals surface area contributed by atoms with Gasteiger partial charge in [-0.15, -0.1) is 0 Å². The summed E-state index contributed by atoms with van der Waals surface area (Å²) >= 11 is 0. The zero-order chi connectivity index (χ0) is 15.9. The van der Waals surface area contributed by atoms with Crippen LogP contribution in [0.2, 0.25) is 0 Å². The van der Waals surface area contributed by atoms with Crippen LogP contribution in [0, 0.1) is 5.92 Å². The van der Waals surface area contributed by atoms with Crippen molar-refractivity contribution in [2.75, 3.05) is 6.54 Å². The molecule has 2 rings (SSSR count). The van der Waals surface area contributed by atoms with Crippen molar-refractivity contribution in [3.8, 4) is 0 Å². The average Bonchev–Trinajstić information content (AvgIpc) is 2.56. The highest BCUT2D eigenvalue weighted by molar-refractivity contribution is 5.91. The lowest BCUT2D eigenvalue weighted by molar-refractivity contribution is -0.117. The Kier molecular flexibility index (Phi) is 5.61. The first-order valence-corrected chi connectivity index (χ1v) is 7.46. The standard InChI is InChI=1S/C17H21N3O2/c1-3-12(2)16(21)11-19-17(22)9-8-13-10-18-14-6-4-5-7-15(14)20-13/h4-10,12,16,21H,3,11H2,1-2H3,(H,19,22)/b9-8+. The van der Waals surface area contributed by atoms with Crippen molar-refractivity contribution >= 4 is 23.0 Å². The topological polar surface area (TPSA) is 75.1 Å². The number of nitrogens with one attached hydrogen (secondary N) is 1. The van der Waals surface area contributed by atoms with Gasteiger partial charge in [-0.2, -0.15) is 0 Å². The maximum absolute atomic E-state index is 11.7. The SMILES string of the molecule is CCC(C)C(O)CNC(=O)/C=C/c1cnc2ccccc2n1. The number of fused-ring (bicyclic) bond motifs is 1. The third kappa shape index (κ3) is 4.36. The van der Waals surface area contributed by atoms with Crippen molar-refractivity contribution in [3.63, 3.8) is 0 Å². The van der Waals surface area contributed by atoms with Gasteiger partial charge in [0.05, 0.1) is 29.0 Å². The van der Waals surface area contributed by atoms with E-state index in [1.54, 1.807) is 12.3 Å². The van der Waals surface area contributed by atoms with Crippen LogP contribution in [-0.4, -0.2) is 33.6 Å². The molecule has 2 unspecified atom stereocenters. The smallest absolute Gasteiger partial charge is 0.244 e. The first-order chi connectivity index (χ1) is 10.6. The number of carbonyl (C=O) groups is 1. The molecule has 1 aromatic carbocycles. The van der Waals surface area contributed by atoms with Crippen LogP contribution in [0.15, 0.2) is 36.5 Å². The van der Waals surface area contributed by atoms with Gasteiger partial charge in [-0.3, -0.25) is 9.78 Å². The Morgan fingerprint density at radius 2 is 2.09 bits per heavy atom. The molecule has 5 nitrogen and oxygen atoms in total. The monoisotopic (exact) mass is 299 g/mol. The fourth-order valence-electron chi connectivity index (χ4n) is 1.95. The number of nitrogens with zero attached hydrogens (tertiary/aromatic N) is 2. The van der Waals surface area contributed by atoms with E-state index in [0.29, 0.717) is 5.69 Å². The van der Waals surface area contributed by atoms with Crippen molar-refractivity contribution < 1.29 is 9.90 Å². The van der Waals surface area contributed by atoms with Crippen LogP contribution >= 0.6 is 0 Å². The molecule has 0 aliphatic carbocycles. The summed E-state index contributed by atoms with van der Waals surface area (Å²) in [5, 5.41) is 12.5. The first-order valence-electron chi connectivity index (χ1n) is 7.46. The lowest BCUT2D eigenvalue weighted by Gasteiger charge is -2.16. The highest BCUT2D eigenvalue weighted by Gasteiger charge is 2.12. The van der Waals surface area contributed by atoms with Gasteiger partial charge in [0.2, 0.25) is 5.91 Å². The quantitative estimate of drug-likeness (QED) is 0.802. The summed E-state index contributed by atoms with van der Waals surface area (Å²) in [6, 6.07) is 7.57. The van der Waals surface area contributed by atoms with Crippen molar-refractivity contribution in [2.45, 2.75) is 26.4 Å². The maximum atomic E-state index is 11.7. The van der Waals surface area contributed by atoms with Crippen molar-refractivity contribution in [2.24, 2.45) is 5.92 Å². The number of aromatic nitrogens is 2. The highest BCUT2D eigenvalue weighted by atomic mass is 16.3. The van der Waals surface area contributed by atoms with Crippen molar-refractivity contribution in [3.05, 3.63) is 42.2 Å². The molecule has 2 aromatic rings. The minimum Gasteiger partial charge on any atom is -0.391 e. The highest BCUT2D eigenvalue weighted by Crippen LogP contribution is 2.09. The third-order valence-electron chi connectivity index (χ3n) is 3.66. The molecule has 0 aliphatic heterocycles. The number of carbonyl (C=O) groups excluding carboxylic acids is 1. The van der Waals surface area contributed by atoms with Crippen molar-refractivity contribution in [1.29, 1.82) is 0 Å². The number of para-hydroxylation sites is 2. The molecular formula is C17H21N3O2. The van der Waals surface area contributed by atoms with Gasteiger partial charge in [-0.05, 0) is 24.1 Å². The zero-order valence-corrected chi connectivity index (χ0v) is 12.9. The van der Waals surface area contributed by atoms with Gasteiger partial charge in [0.1, 0.15) is 0 Å². The number of hydrogen-bond donors (Lipinski definition) is 2. The Morgan fingerprint density at radius 3 is 2.82 bits per heavy atom. The second-order valence-corrected chi connectivity index (χ2v) is 5.31. The molecule has 1 heterocycles. The summed E-state index contributed by atoms with van der Waals surface area (Å²) in [6.07, 6.45) is 4.99. The molecule has 1 amide bonds. The Morgan fingerprint density at radius 1 is 1.36 bits per heavy atom. The molecule has 2 atom stereocenters. The Bertz CT molecular complexity index is 670. The molecule has 1 aromatic heterocycles. The van der Waals surface area contributed by atoms with Crippen molar-refractivity contribution in [1.82, 2.24) is 15.3 Å². The van der Waals surface area contributed by atoms with Gasteiger partial charge in [-0.1, -0.05) is 32.4 Å². The molecule has 0 fully saturated rings. The summed E-state index contributed by atoms with van der Waals surface area (Å²) in [5.41, 5.74) is 2.23. The number of rotatable bonds is 6. The second kappa shape index (κ2) is 7.66. The fourth-order valence-corrected chi connectivity index (χ4v) is 1.95. The summed E-state index contributed by atoms with van der Waals surface area (Å²) < 4.78 is 0. The van der Waals surface area contributed by atoms with E-state index < -0.39 is 6.10 Å². The minimum absolute atomic E-state index is 0.163. The minimum atomic E-state index is -0.525. The fraction of sp³-hybridized carbons (Fsp3) is 0.353. The molecule has 2 N–H and O–H groups in total. The van der Waals surface area contributed by atoms with E-state index in [1.807, 2.05) is 38.1 Å². The molecule has 0 saturated carbocycles. The average molecular weight is 299 g/mol. The van der Waals surface area contributed by atoms with Gasteiger partial charge in [-0.25, -0.2) is 4.98 Å². The summed E-state index contributed by atoms with van der Waals surface area (Å²) in [6.45, 7) is 4.22. The van der Waals surface area contributed by atoms with Gasteiger partial charge in [0, 0.05) is 12.6 Å². The van der Waals surface area contributed by atoms with Crippen LogP contribution in [-0.2, 0) is 4.79 Å². The summed E-state index contributed by atoms with van der Waals surface area (Å²) in [7, 11) is 0. The van der Waals surface area contributed by atoms with Gasteiger partial charge < -0.3 is 10.4 Å². The van der Waals surface area contributed by atoms with Crippen LogP contribution in [0.25, 0.3) is 17.1 Å². The van der Waals surface area contributed by atoms with E-state index in [0.717, 1.165) is 17.5 Å². The van der Waals surface area contributed by atoms with E-state index in [2.05, 4.69) is 15.3 Å². The van der Waals surface area contributed by atoms with E-state index in [4.69, 9.17) is 0 Å². The molecule has 0 radical (unpaired) electrons. The Balaban J connectivity index is 1.93. The second-order valence-electron chi connectivity index (χ2n) is 5.31. The number of aliphatic hydroxyl groups is 1. The molecule has 116 valence electrons. The number of amides is 1. The number of benzene rings is 1. The van der Waals surface area contributed by atoms with Crippen LogP contribution in [0.5, 0.6) is 0 Å². The molecule has 22 heavy (non-hydrogen) atoms. The molecule has 0 bridgehead atoms. The Labute approximate surface area is 130 Å². The number of hydrogen-bond acceptors (Lipinski definition) is 4. The van der Waals surface area contributed by atoms with E-state index in [1.165, 1.54) is 6.08 Å². The lowest BCUT2D eigenvalue weighted by atomic mass is 10.0. The largest absolute Gasteiger partial charge is 0.391 e. The molecular weight excluding hydrogens is 278 g/mol. The van der Waals surface area contributed by atoms with Crippen LogP contribution in [0.3, 0.4) is 0 Å². The normalized spacial score (nSPS) is 14.1. The van der Waals surface area contributed by atoms with Gasteiger partial charge in [0.15, 0.2) is 0 Å². The predicted octanol–water partition coefficient (Wildman–Crippen LogP) is 2.17. The van der Waals surface area contributed by atoms with Crippen LogP contribution in [0.4, 0.5) is 0 Å². The van der Waals surface area contributed by atoms with Gasteiger partial charge in [0.25, 0.3) is 0 Å². The summed E-state index contributed by atoms with van der Waals surface area (Å²) in [4.78, 5) is 20.4. The Hall–Kier alpha value is -2.27. The van der Waals surface area contributed by atoms with E-state index in [9.17, 15) is 9.90 Å². The van der Waals surface area contributed by atoms with Crippen LogP contribution < -0.4 is 5.32 Å².